The van der Waals surface area contributed by atoms with E-state index in [0.29, 0.717) is 23.6 Å². The van der Waals surface area contributed by atoms with Gasteiger partial charge in [0.2, 0.25) is 5.91 Å². The second-order valence-corrected chi connectivity index (χ2v) is 13.7. The number of imidazole rings is 1. The molecule has 9 heteroatoms. The average molecular weight is 609 g/mol. The lowest BCUT2D eigenvalue weighted by molar-refractivity contribution is -0.132. The fourth-order valence-electron chi connectivity index (χ4n) is 8.86. The largest absolute Gasteiger partial charge is 0.494 e. The number of carbonyl (C=O) groups is 2. The van der Waals surface area contributed by atoms with Crippen LogP contribution >= 0.6 is 0 Å². The minimum atomic E-state index is 0.0251. The van der Waals surface area contributed by atoms with Crippen molar-refractivity contribution in [2.75, 3.05) is 13.7 Å². The molecule has 4 bridgehead atoms. The van der Waals surface area contributed by atoms with Crippen LogP contribution in [0.1, 0.15) is 92.6 Å². The van der Waals surface area contributed by atoms with Crippen molar-refractivity contribution in [2.45, 2.75) is 101 Å². The highest BCUT2D eigenvalue weighted by Crippen LogP contribution is 2.41. The summed E-state index contributed by atoms with van der Waals surface area (Å²) in [6.45, 7) is 1.75. The minimum Gasteiger partial charge on any atom is -0.494 e. The van der Waals surface area contributed by atoms with Gasteiger partial charge in [-0.15, -0.1) is 0 Å². The van der Waals surface area contributed by atoms with E-state index in [0.717, 1.165) is 99.8 Å². The van der Waals surface area contributed by atoms with E-state index in [9.17, 15) is 9.59 Å². The van der Waals surface area contributed by atoms with E-state index in [1.54, 1.807) is 7.11 Å². The van der Waals surface area contributed by atoms with Gasteiger partial charge in [0.1, 0.15) is 11.3 Å². The molecule has 9 nitrogen and oxygen atoms in total. The third-order valence-electron chi connectivity index (χ3n) is 11.1. The molecule has 2 aromatic heterocycles. The Morgan fingerprint density at radius 1 is 0.978 bits per heavy atom. The zero-order valence-corrected chi connectivity index (χ0v) is 26.5. The first-order valence-corrected chi connectivity index (χ1v) is 17.0. The molecule has 4 aliphatic heterocycles. The fraction of sp³-hybridized carbons (Fsp3) is 0.528. The normalized spacial score (nSPS) is 25.4. The van der Waals surface area contributed by atoms with Gasteiger partial charge in [-0.3, -0.25) is 9.59 Å². The number of aromatic nitrogens is 3. The molecule has 3 saturated heterocycles. The maximum absolute atomic E-state index is 13.8. The predicted molar refractivity (Wildman–Crippen MR) is 175 cm³/mol. The Morgan fingerprint density at radius 3 is 2.62 bits per heavy atom. The molecule has 6 heterocycles. The van der Waals surface area contributed by atoms with Crippen molar-refractivity contribution >= 4 is 33.8 Å². The molecule has 4 aromatic rings. The van der Waals surface area contributed by atoms with Gasteiger partial charge in [0.15, 0.2) is 5.82 Å². The molecule has 4 aliphatic rings. The summed E-state index contributed by atoms with van der Waals surface area (Å²) in [4.78, 5) is 36.3. The number of hydrogen-bond donors (Lipinski definition) is 1. The summed E-state index contributed by atoms with van der Waals surface area (Å²) in [5, 5.41) is 1.17. The van der Waals surface area contributed by atoms with E-state index in [1.807, 2.05) is 24.1 Å². The Morgan fingerprint density at radius 2 is 1.82 bits per heavy atom. The predicted octanol–water partition coefficient (Wildman–Crippen LogP) is 5.93. The van der Waals surface area contributed by atoms with Gasteiger partial charge < -0.3 is 29.4 Å². The third-order valence-corrected chi connectivity index (χ3v) is 11.1. The molecule has 3 fully saturated rings. The van der Waals surface area contributed by atoms with E-state index in [1.165, 1.54) is 16.5 Å². The van der Waals surface area contributed by atoms with Gasteiger partial charge in [-0.2, -0.15) is 0 Å². The molecule has 0 radical (unpaired) electrons. The van der Waals surface area contributed by atoms with Gasteiger partial charge >= 0.3 is 0 Å². The van der Waals surface area contributed by atoms with Gasteiger partial charge in [0.25, 0.3) is 5.91 Å². The van der Waals surface area contributed by atoms with E-state index in [-0.39, 0.29) is 30.1 Å². The van der Waals surface area contributed by atoms with Crippen molar-refractivity contribution in [1.29, 1.82) is 0 Å². The highest BCUT2D eigenvalue weighted by atomic mass is 16.5. The van der Waals surface area contributed by atoms with Crippen molar-refractivity contribution in [1.82, 2.24) is 23.9 Å². The number of nitrogens with two attached hydrogens (primary N) is 1. The Kier molecular flexibility index (Phi) is 7.12. The first-order chi connectivity index (χ1) is 21.9. The van der Waals surface area contributed by atoms with Crippen LogP contribution in [0.3, 0.4) is 0 Å². The topological polar surface area (TPSA) is 98.6 Å². The zero-order valence-electron chi connectivity index (χ0n) is 26.5. The van der Waals surface area contributed by atoms with Crippen molar-refractivity contribution in [2.24, 2.45) is 12.8 Å². The Hall–Kier alpha value is -3.85. The maximum atomic E-state index is 13.8. The van der Waals surface area contributed by atoms with Gasteiger partial charge in [-0.1, -0.05) is 31.4 Å². The van der Waals surface area contributed by atoms with Gasteiger partial charge in [0.05, 0.1) is 24.4 Å². The van der Waals surface area contributed by atoms with Crippen LogP contribution in [-0.4, -0.2) is 67.5 Å². The number of carbonyl (C=O) groups excluding carboxylic acids is 2. The second-order valence-electron chi connectivity index (χ2n) is 13.7. The van der Waals surface area contributed by atoms with E-state index < -0.39 is 0 Å². The Bertz CT molecular complexity index is 1810. The molecular weight excluding hydrogens is 564 g/mol. The second kappa shape index (κ2) is 11.2. The molecule has 4 atom stereocenters. The standard InChI is InChI=1S/C36H44N6O3/c1-39-34-27(17-24(20-32(34)45-2)36(44)42-25-13-14-29(42)26(37)21-25)38-35(39)31-19-23-12-11-22-18-30(23)40(31)15-7-5-3-4-6-10-33(43)41-16-8-9-28(22)41/h11-12,17-20,25-26,28-29H,3-10,13-16,21,37H2,1-2H3/t25-,26+,28+,29+/m0/s1. The molecule has 2 N–H and O–H groups in total. The van der Waals surface area contributed by atoms with Crippen LogP contribution in [0.25, 0.3) is 33.5 Å². The minimum absolute atomic E-state index is 0.0251. The smallest absolute Gasteiger partial charge is 0.254 e. The number of benzene rings is 2. The number of amides is 2. The van der Waals surface area contributed by atoms with Crippen molar-refractivity contribution in [3.8, 4) is 17.3 Å². The molecule has 8 rings (SSSR count). The Labute approximate surface area is 264 Å². The molecule has 0 aliphatic carbocycles. The van der Waals surface area contributed by atoms with Crippen LogP contribution in [-0.2, 0) is 18.4 Å². The lowest BCUT2D eigenvalue weighted by atomic mass is 9.97. The van der Waals surface area contributed by atoms with Crippen LogP contribution in [0.5, 0.6) is 5.75 Å². The molecule has 0 spiro atoms. The number of rotatable bonds is 3. The first-order valence-electron chi connectivity index (χ1n) is 17.0. The number of nitrogens with zero attached hydrogens (tertiary/aromatic N) is 5. The van der Waals surface area contributed by atoms with Crippen LogP contribution in [0.2, 0.25) is 0 Å². The summed E-state index contributed by atoms with van der Waals surface area (Å²) in [6, 6.07) is 13.3. The fourth-order valence-corrected chi connectivity index (χ4v) is 8.86. The molecule has 0 saturated carbocycles. The molecule has 2 aromatic carbocycles. The van der Waals surface area contributed by atoms with E-state index in [2.05, 4.69) is 38.3 Å². The van der Waals surface area contributed by atoms with Crippen molar-refractivity contribution in [3.63, 3.8) is 0 Å². The van der Waals surface area contributed by atoms with E-state index in [4.69, 9.17) is 15.5 Å². The third kappa shape index (κ3) is 4.65. The molecule has 236 valence electrons. The maximum Gasteiger partial charge on any atom is 0.254 e. The zero-order chi connectivity index (χ0) is 30.8. The summed E-state index contributed by atoms with van der Waals surface area (Å²) in [5.74, 6) is 1.83. The summed E-state index contributed by atoms with van der Waals surface area (Å²) >= 11 is 0. The monoisotopic (exact) mass is 608 g/mol. The van der Waals surface area contributed by atoms with Crippen LogP contribution in [0.4, 0.5) is 0 Å². The number of hydrogen-bond acceptors (Lipinski definition) is 5. The summed E-state index contributed by atoms with van der Waals surface area (Å²) in [7, 11) is 3.70. The van der Waals surface area contributed by atoms with Crippen LogP contribution in [0, 0.1) is 0 Å². The first kappa shape index (κ1) is 28.6. The van der Waals surface area contributed by atoms with Crippen molar-refractivity contribution < 1.29 is 14.3 Å². The van der Waals surface area contributed by atoms with E-state index >= 15 is 0 Å². The molecule has 45 heavy (non-hydrogen) atoms. The van der Waals surface area contributed by atoms with Gasteiger partial charge in [0, 0.05) is 61.1 Å². The SMILES string of the molecule is COc1cc(C(=O)N2[C@H]3CC[C@@H]2[C@H](N)C3)cc2nc(-c3cc4ccc5cc4n3CCCCCCCC(=O)N3CCC[C@H]53)n(C)c12. The number of aryl methyl sites for hydroxylation is 2. The van der Waals surface area contributed by atoms with Crippen LogP contribution < -0.4 is 10.5 Å². The number of methoxy groups -OCH3 is 1. The molecule has 0 unspecified atom stereocenters. The van der Waals surface area contributed by atoms with Gasteiger partial charge in [-0.05, 0) is 74.8 Å². The summed E-state index contributed by atoms with van der Waals surface area (Å²) < 4.78 is 10.4. The summed E-state index contributed by atoms with van der Waals surface area (Å²) in [5.41, 5.74) is 12.1. The lowest BCUT2D eigenvalue weighted by Crippen LogP contribution is -2.40. The quantitative estimate of drug-likeness (QED) is 0.311. The van der Waals surface area contributed by atoms with Crippen LogP contribution in [0.15, 0.2) is 36.4 Å². The highest BCUT2D eigenvalue weighted by Gasteiger charge is 2.47. The summed E-state index contributed by atoms with van der Waals surface area (Å²) in [6.07, 6.45) is 11.0. The highest BCUT2D eigenvalue weighted by molar-refractivity contribution is 6.01. The number of fused-ring (bicyclic) bond motifs is 6. The average Bonchev–Trinajstić information content (AvgIpc) is 3.87. The molecular formula is C36H44N6O3. The van der Waals surface area contributed by atoms with Gasteiger partial charge in [-0.25, -0.2) is 4.98 Å². The molecule has 2 amide bonds. The Balaban J connectivity index is 1.23. The van der Waals surface area contributed by atoms with Crippen molar-refractivity contribution in [3.05, 3.63) is 47.5 Å². The lowest BCUT2D eigenvalue weighted by Gasteiger charge is -2.26. The number of ether oxygens (including phenoxy) is 1.